The van der Waals surface area contributed by atoms with Crippen LogP contribution in [0.25, 0.3) is 0 Å². The summed E-state index contributed by atoms with van der Waals surface area (Å²) in [5, 5.41) is -0.287. The lowest BCUT2D eigenvalue weighted by molar-refractivity contribution is 0.585. The summed E-state index contributed by atoms with van der Waals surface area (Å²) in [5.41, 5.74) is 0. The summed E-state index contributed by atoms with van der Waals surface area (Å²) in [6, 6.07) is 0. The molecule has 2 heterocycles. The largest absolute Gasteiger partial charge is 0.228 e. The highest BCUT2D eigenvalue weighted by atomic mass is 32.2. The van der Waals surface area contributed by atoms with Crippen molar-refractivity contribution in [3.8, 4) is 0 Å². The van der Waals surface area contributed by atoms with Crippen LogP contribution in [0.3, 0.4) is 0 Å². The fraction of sp³-hybridized carbons (Fsp3) is 0.750. The van der Waals surface area contributed by atoms with E-state index < -0.39 is 9.84 Å². The number of rotatable bonds is 0. The molecule has 2 nitrogen and oxygen atoms in total. The molecule has 1 fully saturated rings. The van der Waals surface area contributed by atoms with Crippen molar-refractivity contribution in [1.82, 2.24) is 0 Å². The molecule has 0 saturated carbocycles. The van der Waals surface area contributed by atoms with E-state index in [2.05, 4.69) is 0 Å². The summed E-state index contributed by atoms with van der Waals surface area (Å²) in [7, 11) is -2.78. The molecule has 0 N–H and O–H groups in total. The molecule has 62 valence electrons. The molecule has 2 rings (SSSR count). The van der Waals surface area contributed by atoms with Crippen LogP contribution in [0, 0.1) is 0 Å². The van der Waals surface area contributed by atoms with E-state index in [4.69, 9.17) is 0 Å². The van der Waals surface area contributed by atoms with Crippen molar-refractivity contribution < 1.29 is 8.42 Å². The van der Waals surface area contributed by atoms with E-state index >= 15 is 0 Å². The molecule has 0 aromatic rings. The molecule has 0 aromatic carbocycles. The molecule has 0 unspecified atom stereocenters. The van der Waals surface area contributed by atoms with Gasteiger partial charge in [0.05, 0.1) is 10.5 Å². The zero-order valence-corrected chi connectivity index (χ0v) is 7.18. The predicted octanol–water partition coefficient (Wildman–Crippen LogP) is 1.28. The van der Waals surface area contributed by atoms with Crippen molar-refractivity contribution in [3.05, 3.63) is 12.2 Å². The molecule has 11 heavy (non-hydrogen) atoms. The topological polar surface area (TPSA) is 34.1 Å². The Morgan fingerprint density at radius 2 is 1.45 bits per heavy atom. The van der Waals surface area contributed by atoms with Gasteiger partial charge in [0.1, 0.15) is 0 Å². The van der Waals surface area contributed by atoms with Crippen LogP contribution >= 0.6 is 0 Å². The fourth-order valence-corrected chi connectivity index (χ4v) is 3.96. The van der Waals surface area contributed by atoms with Gasteiger partial charge in [-0.15, -0.1) is 0 Å². The standard InChI is InChI=1S/C8H12O2S/c9-11(10)7-3-1-2-4-8(11)6-5-7/h5-8H,1-4H2/t7-,8-/m0/s1. The smallest absolute Gasteiger partial charge is 0.163 e. The van der Waals surface area contributed by atoms with E-state index in [-0.39, 0.29) is 10.5 Å². The molecule has 0 radical (unpaired) electrons. The van der Waals surface area contributed by atoms with Gasteiger partial charge in [0, 0.05) is 0 Å². The lowest BCUT2D eigenvalue weighted by atomic mass is 10.1. The van der Waals surface area contributed by atoms with Crippen molar-refractivity contribution in [2.45, 2.75) is 36.2 Å². The summed E-state index contributed by atoms with van der Waals surface area (Å²) in [4.78, 5) is 0. The van der Waals surface area contributed by atoms with E-state index in [1.165, 1.54) is 0 Å². The quantitative estimate of drug-likeness (QED) is 0.516. The van der Waals surface area contributed by atoms with Crippen LogP contribution in [-0.4, -0.2) is 18.9 Å². The summed E-state index contributed by atoms with van der Waals surface area (Å²) < 4.78 is 23.1. The summed E-state index contributed by atoms with van der Waals surface area (Å²) >= 11 is 0. The zero-order valence-electron chi connectivity index (χ0n) is 6.36. The maximum absolute atomic E-state index is 11.5. The fourth-order valence-electron chi connectivity index (χ4n) is 1.90. The lowest BCUT2D eigenvalue weighted by Crippen LogP contribution is -2.21. The van der Waals surface area contributed by atoms with Gasteiger partial charge < -0.3 is 0 Å². The predicted molar refractivity (Wildman–Crippen MR) is 44.1 cm³/mol. The Morgan fingerprint density at radius 3 is 1.91 bits per heavy atom. The SMILES string of the molecule is O=S1(=O)[C@@H]2C=C[C@@H]1CCCC2. The van der Waals surface area contributed by atoms with Gasteiger partial charge in [0.15, 0.2) is 9.84 Å². The highest BCUT2D eigenvalue weighted by Gasteiger charge is 2.37. The Hall–Kier alpha value is -0.310. The number of hydrogen-bond acceptors (Lipinski definition) is 2. The van der Waals surface area contributed by atoms with Crippen LogP contribution in [0.5, 0.6) is 0 Å². The summed E-state index contributed by atoms with van der Waals surface area (Å²) in [6.45, 7) is 0. The molecule has 0 spiro atoms. The summed E-state index contributed by atoms with van der Waals surface area (Å²) in [6.07, 6.45) is 7.58. The van der Waals surface area contributed by atoms with Crippen molar-refractivity contribution in [1.29, 1.82) is 0 Å². The molecular weight excluding hydrogens is 160 g/mol. The van der Waals surface area contributed by atoms with E-state index in [0.717, 1.165) is 25.7 Å². The first-order valence-corrected chi connectivity index (χ1v) is 5.73. The van der Waals surface area contributed by atoms with E-state index in [1.54, 1.807) is 0 Å². The van der Waals surface area contributed by atoms with Gasteiger partial charge >= 0.3 is 0 Å². The summed E-state index contributed by atoms with van der Waals surface area (Å²) in [5.74, 6) is 0. The Bertz CT molecular complexity index is 254. The molecule has 3 heteroatoms. The Balaban J connectivity index is 2.40. The minimum Gasteiger partial charge on any atom is -0.228 e. The van der Waals surface area contributed by atoms with Gasteiger partial charge in [-0.3, -0.25) is 0 Å². The first-order chi connectivity index (χ1) is 5.21. The minimum absolute atomic E-state index is 0.144. The second kappa shape index (κ2) is 2.34. The number of fused-ring (bicyclic) bond motifs is 2. The van der Waals surface area contributed by atoms with E-state index in [0.29, 0.717) is 0 Å². The van der Waals surface area contributed by atoms with Crippen molar-refractivity contribution in [2.24, 2.45) is 0 Å². The zero-order chi connectivity index (χ0) is 7.90. The van der Waals surface area contributed by atoms with Gasteiger partial charge in [0.25, 0.3) is 0 Å². The lowest BCUT2D eigenvalue weighted by Gasteiger charge is -2.06. The molecule has 2 aliphatic heterocycles. The Morgan fingerprint density at radius 1 is 1.00 bits per heavy atom. The van der Waals surface area contributed by atoms with Gasteiger partial charge in [-0.1, -0.05) is 25.0 Å². The van der Waals surface area contributed by atoms with Crippen LogP contribution in [-0.2, 0) is 9.84 Å². The van der Waals surface area contributed by atoms with Crippen molar-refractivity contribution in [3.63, 3.8) is 0 Å². The van der Waals surface area contributed by atoms with Crippen LogP contribution in [0.1, 0.15) is 25.7 Å². The third-order valence-electron chi connectivity index (χ3n) is 2.61. The monoisotopic (exact) mass is 172 g/mol. The first kappa shape index (κ1) is 7.35. The van der Waals surface area contributed by atoms with Crippen LogP contribution in [0.15, 0.2) is 12.2 Å². The number of sulfone groups is 1. The van der Waals surface area contributed by atoms with Gasteiger partial charge in [0.2, 0.25) is 0 Å². The van der Waals surface area contributed by atoms with Gasteiger partial charge in [-0.25, -0.2) is 8.42 Å². The second-order valence-corrected chi connectivity index (χ2v) is 5.72. The molecule has 2 bridgehead atoms. The molecule has 0 aliphatic carbocycles. The first-order valence-electron chi connectivity index (χ1n) is 4.12. The average Bonchev–Trinajstić information content (AvgIpc) is 2.00. The third kappa shape index (κ3) is 1.02. The van der Waals surface area contributed by atoms with E-state index in [1.807, 2.05) is 12.2 Å². The van der Waals surface area contributed by atoms with Gasteiger partial charge in [-0.2, -0.15) is 0 Å². The van der Waals surface area contributed by atoms with Crippen LogP contribution < -0.4 is 0 Å². The van der Waals surface area contributed by atoms with Crippen LogP contribution in [0.2, 0.25) is 0 Å². The van der Waals surface area contributed by atoms with Gasteiger partial charge in [-0.05, 0) is 12.8 Å². The maximum atomic E-state index is 11.5. The Labute approximate surface area is 67.2 Å². The highest BCUT2D eigenvalue weighted by Crippen LogP contribution is 2.31. The number of hydrogen-bond donors (Lipinski definition) is 0. The van der Waals surface area contributed by atoms with Crippen molar-refractivity contribution in [2.75, 3.05) is 0 Å². The third-order valence-corrected chi connectivity index (χ3v) is 5.09. The normalized spacial score (nSPS) is 40.4. The van der Waals surface area contributed by atoms with Crippen molar-refractivity contribution >= 4 is 9.84 Å². The molecule has 2 atom stereocenters. The second-order valence-electron chi connectivity index (χ2n) is 3.34. The molecule has 0 aromatic heterocycles. The van der Waals surface area contributed by atoms with E-state index in [9.17, 15) is 8.42 Å². The van der Waals surface area contributed by atoms with Crippen LogP contribution in [0.4, 0.5) is 0 Å². The maximum Gasteiger partial charge on any atom is 0.163 e. The minimum atomic E-state index is -2.78. The molecule has 2 aliphatic rings. The molecule has 1 saturated heterocycles. The average molecular weight is 172 g/mol. The molecular formula is C8H12O2S. The molecule has 0 amide bonds. The Kier molecular flexibility index (Phi) is 1.56. The highest BCUT2D eigenvalue weighted by molar-refractivity contribution is 7.93.